The first-order valence-electron chi connectivity index (χ1n) is 22.0. The average Bonchev–Trinajstić information content (AvgIpc) is 3.68. The van der Waals surface area contributed by atoms with E-state index in [1.54, 1.807) is 0 Å². The normalized spacial score (nSPS) is 11.6. The summed E-state index contributed by atoms with van der Waals surface area (Å²) in [5.74, 6) is 1.31. The van der Waals surface area contributed by atoms with Gasteiger partial charge in [0.05, 0.1) is 22.3 Å². The van der Waals surface area contributed by atoms with Crippen molar-refractivity contribution in [3.8, 4) is 67.5 Å². The van der Waals surface area contributed by atoms with Crippen molar-refractivity contribution in [1.29, 1.82) is 0 Å². The Labute approximate surface area is 392 Å². The number of nitrogens with zero attached hydrogens (tertiary/aromatic N) is 4. The average molecular weight is 1020 g/mol. The number of aromatic hydroxyl groups is 1. The molecule has 0 aliphatic rings. The molecule has 0 amide bonds. The van der Waals surface area contributed by atoms with Crippen LogP contribution in [0.25, 0.3) is 72.7 Å². The van der Waals surface area contributed by atoms with Gasteiger partial charge in [-0.25, -0.2) is 4.98 Å². The topological polar surface area (TPSA) is 63.8 Å². The Balaban J connectivity index is 0.00000560. The summed E-state index contributed by atoms with van der Waals surface area (Å²) in [5.41, 5.74) is 17.1. The third-order valence-corrected chi connectivity index (χ3v) is 12.0. The van der Waals surface area contributed by atoms with Gasteiger partial charge < -0.3 is 5.11 Å². The molecule has 0 saturated carbocycles. The van der Waals surface area contributed by atoms with E-state index in [9.17, 15) is 5.11 Å². The molecule has 3 heterocycles. The van der Waals surface area contributed by atoms with E-state index < -0.39 is 0 Å². The van der Waals surface area contributed by atoms with Gasteiger partial charge in [0.15, 0.2) is 0 Å². The Hall–Kier alpha value is -6.42. The Morgan fingerprint density at radius 1 is 0.594 bits per heavy atom. The largest absolute Gasteiger partial charge is 0.507 e. The summed E-state index contributed by atoms with van der Waals surface area (Å²) in [6, 6.07) is 54.9. The molecule has 0 fully saturated rings. The van der Waals surface area contributed by atoms with Crippen LogP contribution in [-0.2, 0) is 32.9 Å². The summed E-state index contributed by atoms with van der Waals surface area (Å²) >= 11 is 0. The van der Waals surface area contributed by atoms with Crippen LogP contribution in [0.1, 0.15) is 88.1 Å². The standard InChI is InChI=1S/C58H53N4O.Pt/c1-37(2)49-34-44(42-18-12-9-13-19-42)35-50(38(3)4)55(49)62-53-23-15-20-47(54(53)61-57(62)48-21-14-22-51(56(48)63)58(5,6)7)45-31-40(30-39-24-27-59-28-25-39)32-46(33-45)52-36-43(26-29-60-52)41-16-10-8-11-17-41;/h8-29,31-32,34-38,63H,30H2,1-7H3;/q-1;. The van der Waals surface area contributed by atoms with Crippen LogP contribution in [0.5, 0.6) is 5.75 Å². The van der Waals surface area contributed by atoms with Gasteiger partial charge in [-0.3, -0.25) is 14.5 Å². The number of phenols is 1. The molecule has 0 atom stereocenters. The minimum atomic E-state index is -0.294. The summed E-state index contributed by atoms with van der Waals surface area (Å²) in [4.78, 5) is 14.8. The van der Waals surface area contributed by atoms with Crippen molar-refractivity contribution in [2.75, 3.05) is 0 Å². The number of para-hydroxylation sites is 2. The van der Waals surface area contributed by atoms with Crippen molar-refractivity contribution in [2.24, 2.45) is 0 Å². The third kappa shape index (κ3) is 8.75. The van der Waals surface area contributed by atoms with Gasteiger partial charge in [0.1, 0.15) is 11.6 Å². The molecule has 322 valence electrons. The summed E-state index contributed by atoms with van der Waals surface area (Å²) in [6.07, 6.45) is 6.29. The fraction of sp³-hybridized carbons (Fsp3) is 0.190. The minimum absolute atomic E-state index is 0. The number of pyridine rings is 2. The molecule has 0 saturated heterocycles. The molecule has 0 bridgehead atoms. The van der Waals surface area contributed by atoms with Crippen LogP contribution in [0.15, 0.2) is 164 Å². The molecule has 64 heavy (non-hydrogen) atoms. The Kier molecular flexibility index (Phi) is 12.7. The first-order valence-corrected chi connectivity index (χ1v) is 22.0. The Bertz CT molecular complexity index is 3050. The summed E-state index contributed by atoms with van der Waals surface area (Å²) < 4.78 is 2.33. The molecule has 9 rings (SSSR count). The number of imidazole rings is 1. The molecule has 0 spiro atoms. The van der Waals surface area contributed by atoms with Crippen LogP contribution < -0.4 is 0 Å². The molecule has 9 aromatic rings. The van der Waals surface area contributed by atoms with Crippen LogP contribution in [-0.4, -0.2) is 24.6 Å². The molecular weight excluding hydrogens is 964 g/mol. The molecule has 0 aliphatic heterocycles. The number of phenolic OH excluding ortho intramolecular Hbond substituents is 1. The monoisotopic (exact) mass is 1020 g/mol. The van der Waals surface area contributed by atoms with E-state index in [1.165, 1.54) is 27.8 Å². The fourth-order valence-electron chi connectivity index (χ4n) is 8.81. The van der Waals surface area contributed by atoms with Gasteiger partial charge in [-0.15, -0.1) is 29.3 Å². The van der Waals surface area contributed by atoms with Crippen LogP contribution >= 0.6 is 0 Å². The van der Waals surface area contributed by atoms with Crippen LogP contribution in [0.2, 0.25) is 0 Å². The van der Waals surface area contributed by atoms with Gasteiger partial charge in [-0.1, -0.05) is 151 Å². The van der Waals surface area contributed by atoms with E-state index in [1.807, 2.05) is 42.9 Å². The van der Waals surface area contributed by atoms with Gasteiger partial charge in [0.25, 0.3) is 0 Å². The number of hydrogen-bond donors (Lipinski definition) is 1. The number of benzene rings is 6. The molecule has 0 unspecified atom stereocenters. The van der Waals surface area contributed by atoms with Crippen molar-refractivity contribution in [3.63, 3.8) is 0 Å². The first-order chi connectivity index (χ1) is 30.4. The maximum atomic E-state index is 12.3. The zero-order chi connectivity index (χ0) is 43.8. The maximum absolute atomic E-state index is 12.3. The number of fused-ring (bicyclic) bond motifs is 1. The second-order valence-corrected chi connectivity index (χ2v) is 18.2. The third-order valence-electron chi connectivity index (χ3n) is 12.0. The molecule has 0 radical (unpaired) electrons. The second kappa shape index (κ2) is 18.4. The SMILES string of the molecule is CC(C)c1cc(-c2ccccc2)cc(C(C)C)c1-n1c(-c2cccc(C(C)(C)C)c2O)nc2c(-c3[c-]c(-c4cc(-c5ccccc5)ccn4)cc(Cc4ccncc4)c3)cccc21.[Pt]. The summed E-state index contributed by atoms with van der Waals surface area (Å²) in [6.45, 7) is 15.5. The predicted octanol–water partition coefficient (Wildman–Crippen LogP) is 14.8. The van der Waals surface area contributed by atoms with Crippen molar-refractivity contribution < 1.29 is 26.2 Å². The summed E-state index contributed by atoms with van der Waals surface area (Å²) in [5, 5.41) is 12.3. The van der Waals surface area contributed by atoms with Crippen molar-refractivity contribution >= 4 is 11.0 Å². The molecular formula is C58H53N4OPt-. The van der Waals surface area contributed by atoms with Gasteiger partial charge in [0.2, 0.25) is 0 Å². The Morgan fingerprint density at radius 2 is 1.20 bits per heavy atom. The quantitative estimate of drug-likeness (QED) is 0.139. The zero-order valence-corrected chi connectivity index (χ0v) is 39.8. The van der Waals surface area contributed by atoms with E-state index in [0.717, 1.165) is 61.4 Å². The second-order valence-electron chi connectivity index (χ2n) is 18.2. The van der Waals surface area contributed by atoms with Gasteiger partial charge >= 0.3 is 0 Å². The molecule has 3 aromatic heterocycles. The minimum Gasteiger partial charge on any atom is -0.507 e. The van der Waals surface area contributed by atoms with Crippen molar-refractivity contribution in [1.82, 2.24) is 19.5 Å². The molecule has 6 heteroatoms. The van der Waals surface area contributed by atoms with E-state index in [4.69, 9.17) is 9.97 Å². The molecule has 1 N–H and O–H groups in total. The van der Waals surface area contributed by atoms with Crippen LogP contribution in [0, 0.1) is 6.07 Å². The van der Waals surface area contributed by atoms with Crippen molar-refractivity contribution in [3.05, 3.63) is 198 Å². The summed E-state index contributed by atoms with van der Waals surface area (Å²) in [7, 11) is 0. The van der Waals surface area contributed by atoms with Gasteiger partial charge in [-0.2, -0.15) is 0 Å². The van der Waals surface area contributed by atoms with E-state index in [0.29, 0.717) is 17.8 Å². The van der Waals surface area contributed by atoms with Crippen molar-refractivity contribution in [2.45, 2.75) is 72.1 Å². The molecule has 0 aliphatic carbocycles. The van der Waals surface area contributed by atoms with Crippen LogP contribution in [0.3, 0.4) is 0 Å². The fourth-order valence-corrected chi connectivity index (χ4v) is 8.81. The van der Waals surface area contributed by atoms with E-state index in [2.05, 4.69) is 185 Å². The number of aromatic nitrogens is 4. The van der Waals surface area contributed by atoms with Gasteiger partial charge in [0, 0.05) is 45.3 Å². The van der Waals surface area contributed by atoms with Gasteiger partial charge in [-0.05, 0) is 111 Å². The first kappa shape index (κ1) is 44.2. The van der Waals surface area contributed by atoms with E-state index in [-0.39, 0.29) is 44.1 Å². The molecule has 6 aromatic carbocycles. The smallest absolute Gasteiger partial charge is 0.148 e. The zero-order valence-electron chi connectivity index (χ0n) is 37.5. The molecule has 5 nitrogen and oxygen atoms in total. The Morgan fingerprint density at radius 3 is 1.84 bits per heavy atom. The number of rotatable bonds is 10. The van der Waals surface area contributed by atoms with E-state index >= 15 is 0 Å². The van der Waals surface area contributed by atoms with Crippen LogP contribution in [0.4, 0.5) is 0 Å². The predicted molar refractivity (Wildman–Crippen MR) is 260 cm³/mol. The number of hydrogen-bond acceptors (Lipinski definition) is 4. The maximum Gasteiger partial charge on any atom is 0.148 e.